The van der Waals surface area contributed by atoms with E-state index in [0.29, 0.717) is 31.9 Å². The van der Waals surface area contributed by atoms with Gasteiger partial charge in [0.05, 0.1) is 6.04 Å². The van der Waals surface area contributed by atoms with Crippen molar-refractivity contribution < 1.29 is 9.59 Å². The smallest absolute Gasteiger partial charge is 0.270 e. The highest BCUT2D eigenvalue weighted by molar-refractivity contribution is 5.93. The molecular formula is C18H25N5O2. The first kappa shape index (κ1) is 17.3. The van der Waals surface area contributed by atoms with Crippen LogP contribution in [0.3, 0.4) is 0 Å². The number of amides is 2. The zero-order valence-electron chi connectivity index (χ0n) is 15.1. The maximum atomic E-state index is 12.6. The van der Waals surface area contributed by atoms with Crippen molar-refractivity contribution in [3.63, 3.8) is 0 Å². The van der Waals surface area contributed by atoms with E-state index in [1.165, 1.54) is 0 Å². The van der Waals surface area contributed by atoms with Crippen LogP contribution in [-0.2, 0) is 18.4 Å². The maximum Gasteiger partial charge on any atom is 0.270 e. The molecule has 1 aliphatic heterocycles. The highest BCUT2D eigenvalue weighted by atomic mass is 16.2. The Kier molecular flexibility index (Phi) is 4.92. The minimum absolute atomic E-state index is 0.0314. The van der Waals surface area contributed by atoms with Gasteiger partial charge in [0, 0.05) is 58.7 Å². The van der Waals surface area contributed by atoms with Crippen molar-refractivity contribution in [2.45, 2.75) is 32.9 Å². The average molecular weight is 343 g/mol. The van der Waals surface area contributed by atoms with Gasteiger partial charge in [-0.15, -0.1) is 0 Å². The van der Waals surface area contributed by atoms with E-state index in [9.17, 15) is 9.59 Å². The summed E-state index contributed by atoms with van der Waals surface area (Å²) in [7, 11) is 1.87. The number of nitrogens with zero attached hydrogens (tertiary/aromatic N) is 5. The molecule has 2 aromatic rings. The van der Waals surface area contributed by atoms with Gasteiger partial charge in [0.1, 0.15) is 11.5 Å². The number of hydrogen-bond acceptors (Lipinski definition) is 3. The molecule has 134 valence electrons. The molecule has 0 spiro atoms. The van der Waals surface area contributed by atoms with Crippen LogP contribution in [-0.4, -0.2) is 61.4 Å². The van der Waals surface area contributed by atoms with Crippen LogP contribution in [0, 0.1) is 6.92 Å². The molecule has 0 N–H and O–H groups in total. The normalized spacial score (nSPS) is 17.1. The zero-order chi connectivity index (χ0) is 18.0. The largest absolute Gasteiger partial charge is 0.347 e. The van der Waals surface area contributed by atoms with Crippen LogP contribution < -0.4 is 0 Å². The molecule has 0 saturated carbocycles. The zero-order valence-corrected chi connectivity index (χ0v) is 15.1. The molecule has 0 aromatic carbocycles. The summed E-state index contributed by atoms with van der Waals surface area (Å²) in [5.41, 5.74) is 0.684. The SMILES string of the molecule is CC(=O)N(CCn1ccnc1C)C1CCN(C(=O)c2cccn2C)C1. The monoisotopic (exact) mass is 343 g/mol. The van der Waals surface area contributed by atoms with E-state index in [1.807, 2.05) is 57.4 Å². The number of likely N-dealkylation sites (tertiary alicyclic amines) is 1. The minimum Gasteiger partial charge on any atom is -0.347 e. The van der Waals surface area contributed by atoms with Gasteiger partial charge in [0.2, 0.25) is 5.91 Å². The Morgan fingerprint density at radius 2 is 2.16 bits per heavy atom. The van der Waals surface area contributed by atoms with Gasteiger partial charge >= 0.3 is 0 Å². The van der Waals surface area contributed by atoms with E-state index in [4.69, 9.17) is 0 Å². The molecule has 0 bridgehead atoms. The lowest BCUT2D eigenvalue weighted by molar-refractivity contribution is -0.131. The number of carbonyl (C=O) groups excluding carboxylic acids is 2. The first-order chi connectivity index (χ1) is 12.0. The Labute approximate surface area is 147 Å². The molecule has 7 heteroatoms. The number of hydrogen-bond donors (Lipinski definition) is 0. The van der Waals surface area contributed by atoms with Crippen LogP contribution in [0.1, 0.15) is 29.7 Å². The molecule has 1 unspecified atom stereocenters. The first-order valence-electron chi connectivity index (χ1n) is 8.63. The van der Waals surface area contributed by atoms with Crippen molar-refractivity contribution in [3.05, 3.63) is 42.2 Å². The van der Waals surface area contributed by atoms with E-state index < -0.39 is 0 Å². The van der Waals surface area contributed by atoms with Crippen LogP contribution in [0.25, 0.3) is 0 Å². The topological polar surface area (TPSA) is 63.4 Å². The summed E-state index contributed by atoms with van der Waals surface area (Å²) in [4.78, 5) is 32.7. The molecule has 0 radical (unpaired) electrons. The van der Waals surface area contributed by atoms with Gasteiger partial charge in [0.25, 0.3) is 5.91 Å². The lowest BCUT2D eigenvalue weighted by Crippen LogP contribution is -2.43. The fraction of sp³-hybridized carbons (Fsp3) is 0.500. The second-order valence-corrected chi connectivity index (χ2v) is 6.58. The van der Waals surface area contributed by atoms with Gasteiger partial charge in [-0.1, -0.05) is 0 Å². The molecule has 25 heavy (non-hydrogen) atoms. The van der Waals surface area contributed by atoms with Crippen molar-refractivity contribution >= 4 is 11.8 Å². The summed E-state index contributed by atoms with van der Waals surface area (Å²) in [6.07, 6.45) is 6.38. The number of aromatic nitrogens is 3. The number of aryl methyl sites for hydroxylation is 2. The molecule has 2 amide bonds. The predicted molar refractivity (Wildman–Crippen MR) is 94.1 cm³/mol. The summed E-state index contributed by atoms with van der Waals surface area (Å²) in [6.45, 7) is 6.17. The van der Waals surface area contributed by atoms with Crippen LogP contribution in [0.15, 0.2) is 30.7 Å². The molecule has 1 fully saturated rings. The number of rotatable bonds is 5. The van der Waals surface area contributed by atoms with Gasteiger partial charge in [-0.2, -0.15) is 0 Å². The third-order valence-corrected chi connectivity index (χ3v) is 4.96. The van der Waals surface area contributed by atoms with E-state index in [0.717, 1.165) is 12.2 Å². The molecule has 1 aliphatic rings. The Balaban J connectivity index is 1.63. The molecule has 7 nitrogen and oxygen atoms in total. The summed E-state index contributed by atoms with van der Waals surface area (Å²) in [5.74, 6) is 1.02. The highest BCUT2D eigenvalue weighted by Gasteiger charge is 2.32. The summed E-state index contributed by atoms with van der Waals surface area (Å²) in [6, 6.07) is 3.78. The van der Waals surface area contributed by atoms with Gasteiger partial charge in [0.15, 0.2) is 0 Å². The van der Waals surface area contributed by atoms with Gasteiger partial charge in [-0.05, 0) is 25.5 Å². The molecule has 1 saturated heterocycles. The molecule has 1 atom stereocenters. The van der Waals surface area contributed by atoms with E-state index in [1.54, 1.807) is 13.1 Å². The summed E-state index contributed by atoms with van der Waals surface area (Å²) < 4.78 is 3.87. The van der Waals surface area contributed by atoms with Crippen molar-refractivity contribution in [2.24, 2.45) is 7.05 Å². The molecular weight excluding hydrogens is 318 g/mol. The van der Waals surface area contributed by atoms with E-state index in [-0.39, 0.29) is 17.9 Å². The average Bonchev–Trinajstić information content (AvgIpc) is 3.29. The predicted octanol–water partition coefficient (Wildman–Crippen LogP) is 1.29. The maximum absolute atomic E-state index is 12.6. The molecule has 3 rings (SSSR count). The van der Waals surface area contributed by atoms with Gasteiger partial charge in [-0.3, -0.25) is 9.59 Å². The fourth-order valence-corrected chi connectivity index (χ4v) is 3.48. The Hall–Kier alpha value is -2.57. The third-order valence-electron chi connectivity index (χ3n) is 4.96. The lowest BCUT2D eigenvalue weighted by Gasteiger charge is -2.28. The first-order valence-corrected chi connectivity index (χ1v) is 8.63. The van der Waals surface area contributed by atoms with Crippen LogP contribution in [0.5, 0.6) is 0 Å². The van der Waals surface area contributed by atoms with Crippen LogP contribution in [0.2, 0.25) is 0 Å². The highest BCUT2D eigenvalue weighted by Crippen LogP contribution is 2.19. The minimum atomic E-state index is 0.0314. The third kappa shape index (κ3) is 3.60. The second kappa shape index (κ2) is 7.13. The lowest BCUT2D eigenvalue weighted by atomic mass is 10.2. The molecule has 2 aromatic heterocycles. The number of imidazole rings is 1. The van der Waals surface area contributed by atoms with Gasteiger partial charge in [-0.25, -0.2) is 4.98 Å². The van der Waals surface area contributed by atoms with Crippen molar-refractivity contribution in [1.29, 1.82) is 0 Å². The molecule has 0 aliphatic carbocycles. The molecule has 3 heterocycles. The Morgan fingerprint density at radius 1 is 1.36 bits per heavy atom. The summed E-state index contributed by atoms with van der Waals surface area (Å²) in [5, 5.41) is 0. The Bertz CT molecular complexity index is 763. The second-order valence-electron chi connectivity index (χ2n) is 6.58. The van der Waals surface area contributed by atoms with Gasteiger partial charge < -0.3 is 18.9 Å². The Morgan fingerprint density at radius 3 is 2.76 bits per heavy atom. The van der Waals surface area contributed by atoms with Crippen LogP contribution >= 0.6 is 0 Å². The summed E-state index contributed by atoms with van der Waals surface area (Å²) >= 11 is 0. The van der Waals surface area contributed by atoms with Crippen molar-refractivity contribution in [3.8, 4) is 0 Å². The van der Waals surface area contributed by atoms with Crippen LogP contribution in [0.4, 0.5) is 0 Å². The standard InChI is InChI=1S/C18H25N5O2/c1-14-19-7-10-21(14)11-12-23(15(2)24)16-6-9-22(13-16)18(25)17-5-4-8-20(17)3/h4-5,7-8,10,16H,6,9,11-13H2,1-3H3. The van der Waals surface area contributed by atoms with Crippen molar-refractivity contribution in [2.75, 3.05) is 19.6 Å². The fourth-order valence-electron chi connectivity index (χ4n) is 3.48. The van der Waals surface area contributed by atoms with E-state index in [2.05, 4.69) is 4.98 Å². The number of carbonyl (C=O) groups is 2. The quantitative estimate of drug-likeness (QED) is 0.822. The van der Waals surface area contributed by atoms with E-state index >= 15 is 0 Å². The van der Waals surface area contributed by atoms with Crippen molar-refractivity contribution in [1.82, 2.24) is 23.9 Å².